The number of halogens is 1. The molecule has 0 aliphatic heterocycles. The summed E-state index contributed by atoms with van der Waals surface area (Å²) in [6.07, 6.45) is 6.76. The third-order valence-electron chi connectivity index (χ3n) is 4.17. The molecule has 0 aromatic carbocycles. The molecule has 2 atom stereocenters. The van der Waals surface area contributed by atoms with Crippen LogP contribution in [0.15, 0.2) is 0 Å². The number of hydrogen-bond donors (Lipinski definition) is 1. The first kappa shape index (κ1) is 14.9. The molecule has 1 aliphatic rings. The van der Waals surface area contributed by atoms with Gasteiger partial charge in [-0.1, -0.05) is 26.7 Å². The zero-order valence-corrected chi connectivity index (χ0v) is 11.6. The van der Waals surface area contributed by atoms with Gasteiger partial charge >= 0.3 is 0 Å². The molecule has 2 N–H and O–H groups in total. The van der Waals surface area contributed by atoms with Gasteiger partial charge < -0.3 is 5.73 Å². The highest BCUT2D eigenvalue weighted by Crippen LogP contribution is 2.36. The summed E-state index contributed by atoms with van der Waals surface area (Å²) in [6.45, 7) is 6.96. The first-order chi connectivity index (χ1) is 8.18. The van der Waals surface area contributed by atoms with Gasteiger partial charge in [-0.2, -0.15) is 0 Å². The summed E-state index contributed by atoms with van der Waals surface area (Å²) in [5.41, 5.74) is 6.22. The normalized spacial score (nSPS) is 29.8. The van der Waals surface area contributed by atoms with Gasteiger partial charge in [0.2, 0.25) is 0 Å². The quantitative estimate of drug-likeness (QED) is 0.746. The molecule has 0 radical (unpaired) electrons. The van der Waals surface area contributed by atoms with Crippen LogP contribution in [0, 0.1) is 5.92 Å². The second kappa shape index (κ2) is 7.32. The van der Waals surface area contributed by atoms with Crippen LogP contribution in [0.5, 0.6) is 0 Å². The molecule has 1 rings (SSSR count). The van der Waals surface area contributed by atoms with Crippen molar-refractivity contribution in [1.82, 2.24) is 4.90 Å². The molecule has 0 spiro atoms. The fraction of sp³-hybridized carbons (Fsp3) is 1.00. The smallest absolute Gasteiger partial charge is 0.0906 e. The predicted octanol–water partition coefficient (Wildman–Crippen LogP) is 2.97. The Kier molecular flexibility index (Phi) is 6.42. The average molecular weight is 244 g/mol. The maximum Gasteiger partial charge on any atom is 0.0906 e. The van der Waals surface area contributed by atoms with Gasteiger partial charge in [0, 0.05) is 18.6 Å². The minimum atomic E-state index is -0.212. The van der Waals surface area contributed by atoms with Gasteiger partial charge in [0.05, 0.1) is 6.67 Å². The number of rotatable bonds is 7. The molecular weight excluding hydrogens is 215 g/mol. The van der Waals surface area contributed by atoms with Gasteiger partial charge in [-0.05, 0) is 38.1 Å². The molecule has 1 saturated carbocycles. The molecule has 3 heteroatoms. The second-order valence-corrected chi connectivity index (χ2v) is 5.66. The third-order valence-corrected chi connectivity index (χ3v) is 4.17. The lowest BCUT2D eigenvalue weighted by atomic mass is 9.75. The Bertz CT molecular complexity index is 210. The Morgan fingerprint density at radius 3 is 2.71 bits per heavy atom. The monoisotopic (exact) mass is 244 g/mol. The number of nitrogens with two attached hydrogens (primary N) is 1. The van der Waals surface area contributed by atoms with E-state index in [9.17, 15) is 4.39 Å². The fourth-order valence-corrected chi connectivity index (χ4v) is 3.34. The molecule has 1 fully saturated rings. The molecule has 0 aromatic rings. The lowest BCUT2D eigenvalue weighted by Crippen LogP contribution is -2.56. The van der Waals surface area contributed by atoms with E-state index in [0.717, 1.165) is 32.0 Å². The highest BCUT2D eigenvalue weighted by molar-refractivity contribution is 4.95. The zero-order chi connectivity index (χ0) is 12.7. The van der Waals surface area contributed by atoms with Crippen LogP contribution in [0.2, 0.25) is 0 Å². The maximum absolute atomic E-state index is 12.4. The van der Waals surface area contributed by atoms with Crippen LogP contribution in [0.25, 0.3) is 0 Å². The van der Waals surface area contributed by atoms with Crippen molar-refractivity contribution in [2.45, 2.75) is 57.9 Å². The van der Waals surface area contributed by atoms with Crippen molar-refractivity contribution < 1.29 is 4.39 Å². The molecule has 0 aromatic heterocycles. The largest absolute Gasteiger partial charge is 0.329 e. The van der Waals surface area contributed by atoms with Crippen molar-refractivity contribution in [1.29, 1.82) is 0 Å². The first-order valence-corrected chi connectivity index (χ1v) is 7.19. The van der Waals surface area contributed by atoms with Crippen molar-refractivity contribution in [2.24, 2.45) is 11.7 Å². The van der Waals surface area contributed by atoms with Crippen LogP contribution in [-0.4, -0.2) is 36.7 Å². The Morgan fingerprint density at radius 2 is 2.18 bits per heavy atom. The van der Waals surface area contributed by atoms with Gasteiger partial charge in [-0.15, -0.1) is 0 Å². The zero-order valence-electron chi connectivity index (χ0n) is 11.6. The molecule has 0 bridgehead atoms. The summed E-state index contributed by atoms with van der Waals surface area (Å²) in [5.74, 6) is 0.761. The van der Waals surface area contributed by atoms with E-state index in [2.05, 4.69) is 18.7 Å². The van der Waals surface area contributed by atoms with E-state index in [1.165, 1.54) is 25.7 Å². The molecule has 1 aliphatic carbocycles. The van der Waals surface area contributed by atoms with Gasteiger partial charge in [0.15, 0.2) is 0 Å². The molecule has 0 saturated heterocycles. The van der Waals surface area contributed by atoms with Crippen molar-refractivity contribution in [3.63, 3.8) is 0 Å². The Labute approximate surface area is 106 Å². The molecule has 2 nitrogen and oxygen atoms in total. The summed E-state index contributed by atoms with van der Waals surface area (Å²) in [4.78, 5) is 2.47. The fourth-order valence-electron chi connectivity index (χ4n) is 3.34. The van der Waals surface area contributed by atoms with E-state index in [0.29, 0.717) is 6.42 Å². The van der Waals surface area contributed by atoms with Crippen molar-refractivity contribution >= 4 is 0 Å². The topological polar surface area (TPSA) is 29.3 Å². The minimum Gasteiger partial charge on any atom is -0.329 e. The van der Waals surface area contributed by atoms with E-state index in [1.54, 1.807) is 0 Å². The van der Waals surface area contributed by atoms with Crippen LogP contribution in [0.3, 0.4) is 0 Å². The third kappa shape index (κ3) is 3.92. The van der Waals surface area contributed by atoms with Gasteiger partial charge in [-0.25, -0.2) is 0 Å². The molecule has 0 amide bonds. The highest BCUT2D eigenvalue weighted by Gasteiger charge is 2.38. The molecule has 102 valence electrons. The Balaban J connectivity index is 2.70. The Morgan fingerprint density at radius 1 is 1.41 bits per heavy atom. The maximum atomic E-state index is 12.4. The van der Waals surface area contributed by atoms with Crippen LogP contribution in [-0.2, 0) is 0 Å². The number of hydrogen-bond acceptors (Lipinski definition) is 2. The summed E-state index contributed by atoms with van der Waals surface area (Å²) >= 11 is 0. The second-order valence-electron chi connectivity index (χ2n) is 5.66. The number of alkyl halides is 1. The van der Waals surface area contributed by atoms with Gasteiger partial charge in [-0.3, -0.25) is 9.29 Å². The van der Waals surface area contributed by atoms with E-state index in [-0.39, 0.29) is 12.2 Å². The van der Waals surface area contributed by atoms with Crippen LogP contribution < -0.4 is 5.73 Å². The number of nitrogens with zero attached hydrogens (tertiary/aromatic N) is 1. The molecular formula is C14H29FN2. The molecule has 0 heterocycles. The summed E-state index contributed by atoms with van der Waals surface area (Å²) in [7, 11) is 0. The molecule has 2 unspecified atom stereocenters. The van der Waals surface area contributed by atoms with E-state index < -0.39 is 0 Å². The highest BCUT2D eigenvalue weighted by atomic mass is 19.1. The van der Waals surface area contributed by atoms with Crippen LogP contribution >= 0.6 is 0 Å². The lowest BCUT2D eigenvalue weighted by molar-refractivity contribution is 0.0366. The van der Waals surface area contributed by atoms with Crippen molar-refractivity contribution in [2.75, 3.05) is 26.3 Å². The summed E-state index contributed by atoms with van der Waals surface area (Å²) in [6, 6.07) is 0. The average Bonchev–Trinajstić information content (AvgIpc) is 2.34. The van der Waals surface area contributed by atoms with E-state index in [1.807, 2.05) is 0 Å². The lowest BCUT2D eigenvalue weighted by Gasteiger charge is -2.48. The summed E-state index contributed by atoms with van der Waals surface area (Å²) < 4.78 is 12.4. The summed E-state index contributed by atoms with van der Waals surface area (Å²) in [5, 5.41) is 0. The SMILES string of the molecule is CCCN(CCCF)C1(CN)CCCC(C)C1. The molecule has 17 heavy (non-hydrogen) atoms. The van der Waals surface area contributed by atoms with Gasteiger partial charge in [0.1, 0.15) is 0 Å². The van der Waals surface area contributed by atoms with Crippen molar-refractivity contribution in [3.05, 3.63) is 0 Å². The standard InChI is InChI=1S/C14H29FN2/c1-3-9-17(10-5-8-15)14(12-16)7-4-6-13(2)11-14/h13H,3-12,16H2,1-2H3. The predicted molar refractivity (Wildman–Crippen MR) is 71.9 cm³/mol. The Hall–Kier alpha value is -0.150. The van der Waals surface area contributed by atoms with E-state index in [4.69, 9.17) is 5.73 Å². The van der Waals surface area contributed by atoms with Gasteiger partial charge in [0.25, 0.3) is 0 Å². The van der Waals surface area contributed by atoms with Crippen LogP contribution in [0.1, 0.15) is 52.4 Å². The first-order valence-electron chi connectivity index (χ1n) is 7.19. The van der Waals surface area contributed by atoms with Crippen molar-refractivity contribution in [3.8, 4) is 0 Å². The van der Waals surface area contributed by atoms with E-state index >= 15 is 0 Å². The minimum absolute atomic E-state index is 0.156. The van der Waals surface area contributed by atoms with Crippen LogP contribution in [0.4, 0.5) is 4.39 Å².